The van der Waals surface area contributed by atoms with Crippen molar-refractivity contribution in [2.45, 2.75) is 19.1 Å². The molecule has 82 valence electrons. The maximum Gasteiger partial charge on any atom is 0.123 e. The second-order valence-electron chi connectivity index (χ2n) is 3.60. The van der Waals surface area contributed by atoms with Gasteiger partial charge in [0.25, 0.3) is 0 Å². The number of rotatable bonds is 4. The summed E-state index contributed by atoms with van der Waals surface area (Å²) in [6.07, 6.45) is 0.110. The molecule has 0 N–H and O–H groups in total. The molecule has 0 radical (unpaired) electrons. The summed E-state index contributed by atoms with van der Waals surface area (Å²) in [5.74, 6) is -0.244. The van der Waals surface area contributed by atoms with Crippen LogP contribution in [0.15, 0.2) is 22.7 Å². The molecule has 0 unspecified atom stereocenters. The van der Waals surface area contributed by atoms with Crippen LogP contribution in [0.5, 0.6) is 0 Å². The van der Waals surface area contributed by atoms with Gasteiger partial charge >= 0.3 is 0 Å². The molecule has 1 fully saturated rings. The highest BCUT2D eigenvalue weighted by Gasteiger charge is 2.24. The molecule has 2 atom stereocenters. The van der Waals surface area contributed by atoms with E-state index in [0.717, 1.165) is 16.6 Å². The Morgan fingerprint density at radius 1 is 1.67 bits per heavy atom. The van der Waals surface area contributed by atoms with Gasteiger partial charge in [-0.2, -0.15) is 0 Å². The summed E-state index contributed by atoms with van der Waals surface area (Å²) in [5, 5.41) is 0. The van der Waals surface area contributed by atoms with Crippen LogP contribution in [-0.4, -0.2) is 19.3 Å². The Balaban J connectivity index is 2.02. The van der Waals surface area contributed by atoms with Crippen molar-refractivity contribution in [3.63, 3.8) is 0 Å². The van der Waals surface area contributed by atoms with Crippen molar-refractivity contribution >= 4 is 15.9 Å². The number of epoxide rings is 1. The summed E-state index contributed by atoms with van der Waals surface area (Å²) in [4.78, 5) is 0. The molecular weight excluding hydrogens is 263 g/mol. The molecule has 1 aromatic rings. The van der Waals surface area contributed by atoms with Crippen LogP contribution in [-0.2, 0) is 9.47 Å². The van der Waals surface area contributed by atoms with Crippen LogP contribution in [0.25, 0.3) is 0 Å². The fourth-order valence-corrected chi connectivity index (χ4v) is 1.90. The van der Waals surface area contributed by atoms with E-state index in [4.69, 9.17) is 9.47 Å². The lowest BCUT2D eigenvalue weighted by Gasteiger charge is -2.14. The molecule has 1 aromatic carbocycles. The van der Waals surface area contributed by atoms with E-state index in [2.05, 4.69) is 15.9 Å². The quantitative estimate of drug-likeness (QED) is 0.788. The van der Waals surface area contributed by atoms with Gasteiger partial charge in [0.2, 0.25) is 0 Å². The van der Waals surface area contributed by atoms with Gasteiger partial charge in [-0.25, -0.2) is 4.39 Å². The van der Waals surface area contributed by atoms with E-state index in [0.29, 0.717) is 6.61 Å². The largest absolute Gasteiger partial charge is 0.371 e. The normalized spacial score (nSPS) is 21.4. The predicted molar refractivity (Wildman–Crippen MR) is 58.2 cm³/mol. The Morgan fingerprint density at radius 3 is 3.07 bits per heavy atom. The van der Waals surface area contributed by atoms with Gasteiger partial charge in [0.15, 0.2) is 0 Å². The van der Waals surface area contributed by atoms with Gasteiger partial charge in [0.05, 0.1) is 19.3 Å². The van der Waals surface area contributed by atoms with Crippen molar-refractivity contribution in [1.29, 1.82) is 0 Å². The first-order valence-electron chi connectivity index (χ1n) is 4.85. The average molecular weight is 275 g/mol. The minimum atomic E-state index is -0.244. The highest BCUT2D eigenvalue weighted by molar-refractivity contribution is 9.10. The number of halogens is 2. The van der Waals surface area contributed by atoms with Crippen LogP contribution in [0.3, 0.4) is 0 Å². The topological polar surface area (TPSA) is 21.8 Å². The second kappa shape index (κ2) is 4.60. The van der Waals surface area contributed by atoms with E-state index in [1.807, 2.05) is 6.92 Å². The van der Waals surface area contributed by atoms with Crippen LogP contribution >= 0.6 is 15.9 Å². The molecule has 4 heteroatoms. The van der Waals surface area contributed by atoms with E-state index in [9.17, 15) is 4.39 Å². The van der Waals surface area contributed by atoms with E-state index in [-0.39, 0.29) is 18.0 Å². The Morgan fingerprint density at radius 2 is 2.40 bits per heavy atom. The molecule has 1 heterocycles. The molecule has 0 amide bonds. The van der Waals surface area contributed by atoms with E-state index >= 15 is 0 Å². The first-order chi connectivity index (χ1) is 7.16. The van der Waals surface area contributed by atoms with Crippen LogP contribution in [0, 0.1) is 5.82 Å². The molecule has 0 spiro atoms. The molecule has 15 heavy (non-hydrogen) atoms. The van der Waals surface area contributed by atoms with Gasteiger partial charge in [0, 0.05) is 4.47 Å². The second-order valence-corrected chi connectivity index (χ2v) is 4.45. The van der Waals surface area contributed by atoms with Crippen molar-refractivity contribution in [2.24, 2.45) is 0 Å². The summed E-state index contributed by atoms with van der Waals surface area (Å²) in [6, 6.07) is 4.60. The monoisotopic (exact) mass is 274 g/mol. The van der Waals surface area contributed by atoms with Gasteiger partial charge in [0.1, 0.15) is 11.9 Å². The maximum atomic E-state index is 13.0. The van der Waals surface area contributed by atoms with Crippen molar-refractivity contribution in [3.8, 4) is 0 Å². The molecule has 2 nitrogen and oxygen atoms in total. The van der Waals surface area contributed by atoms with Crippen LogP contribution in [0.2, 0.25) is 0 Å². The fourth-order valence-electron chi connectivity index (χ4n) is 1.33. The predicted octanol–water partition coefficient (Wildman–Crippen LogP) is 3.06. The SMILES string of the molecule is C[C@@H](OC[C@H]1CO1)c1cc(F)ccc1Br. The van der Waals surface area contributed by atoms with Crippen LogP contribution in [0.4, 0.5) is 4.39 Å². The van der Waals surface area contributed by atoms with E-state index < -0.39 is 0 Å². The highest BCUT2D eigenvalue weighted by Crippen LogP contribution is 2.27. The number of ether oxygens (including phenoxy) is 2. The zero-order chi connectivity index (χ0) is 10.8. The van der Waals surface area contributed by atoms with Gasteiger partial charge in [-0.3, -0.25) is 0 Å². The Kier molecular flexibility index (Phi) is 3.38. The molecule has 1 aliphatic rings. The van der Waals surface area contributed by atoms with Crippen molar-refractivity contribution < 1.29 is 13.9 Å². The number of benzene rings is 1. The highest BCUT2D eigenvalue weighted by atomic mass is 79.9. The number of hydrogen-bond donors (Lipinski definition) is 0. The summed E-state index contributed by atoms with van der Waals surface area (Å²) < 4.78 is 24.5. The number of hydrogen-bond acceptors (Lipinski definition) is 2. The van der Waals surface area contributed by atoms with Gasteiger partial charge in [-0.1, -0.05) is 15.9 Å². The third kappa shape index (κ3) is 3.00. The van der Waals surface area contributed by atoms with Crippen LogP contribution in [0.1, 0.15) is 18.6 Å². The zero-order valence-electron chi connectivity index (χ0n) is 8.37. The van der Waals surface area contributed by atoms with Crippen LogP contribution < -0.4 is 0 Å². The average Bonchev–Trinajstić information content (AvgIpc) is 3.02. The minimum Gasteiger partial charge on any atom is -0.371 e. The van der Waals surface area contributed by atoms with Gasteiger partial charge in [-0.15, -0.1) is 0 Å². The van der Waals surface area contributed by atoms with E-state index in [1.165, 1.54) is 12.1 Å². The summed E-state index contributed by atoms with van der Waals surface area (Å²) in [5.41, 5.74) is 0.829. The molecule has 0 saturated carbocycles. The van der Waals surface area contributed by atoms with Crippen molar-refractivity contribution in [2.75, 3.05) is 13.2 Å². The standard InChI is InChI=1S/C11H12BrFO2/c1-7(14-5-9-6-15-9)10-4-8(13)2-3-11(10)12/h2-4,7,9H,5-6H2,1H3/t7-,9+/m1/s1. The van der Waals surface area contributed by atoms with Gasteiger partial charge in [-0.05, 0) is 30.7 Å². The fraction of sp³-hybridized carbons (Fsp3) is 0.455. The molecule has 0 bridgehead atoms. The third-order valence-corrected chi connectivity index (χ3v) is 3.05. The minimum absolute atomic E-state index is 0.126. The lowest BCUT2D eigenvalue weighted by molar-refractivity contribution is 0.0533. The Labute approximate surface area is 96.5 Å². The molecule has 0 aromatic heterocycles. The van der Waals surface area contributed by atoms with Gasteiger partial charge < -0.3 is 9.47 Å². The first kappa shape index (κ1) is 11.0. The molecule has 1 aliphatic heterocycles. The van der Waals surface area contributed by atoms with Crippen molar-refractivity contribution in [1.82, 2.24) is 0 Å². The lowest BCUT2D eigenvalue weighted by atomic mass is 10.1. The maximum absolute atomic E-state index is 13.0. The van der Waals surface area contributed by atoms with E-state index in [1.54, 1.807) is 6.07 Å². The first-order valence-corrected chi connectivity index (χ1v) is 5.64. The lowest BCUT2D eigenvalue weighted by Crippen LogP contribution is -2.06. The Bertz CT molecular complexity index is 352. The summed E-state index contributed by atoms with van der Waals surface area (Å²) >= 11 is 3.38. The molecule has 1 saturated heterocycles. The smallest absolute Gasteiger partial charge is 0.123 e. The molecule has 2 rings (SSSR count). The zero-order valence-corrected chi connectivity index (χ0v) is 9.96. The summed E-state index contributed by atoms with van der Waals surface area (Å²) in [6.45, 7) is 3.25. The Hall–Kier alpha value is -0.450. The third-order valence-electron chi connectivity index (χ3n) is 2.33. The summed E-state index contributed by atoms with van der Waals surface area (Å²) in [7, 11) is 0. The molecular formula is C11H12BrFO2. The van der Waals surface area contributed by atoms with Crippen molar-refractivity contribution in [3.05, 3.63) is 34.1 Å². The molecule has 0 aliphatic carbocycles.